The standard InChI is InChI=1S/C19H31N3O3/c1-14-7-6-10-22(12-14)19(2,3)13-20-18(23)21-16-11-15(24-4)8-9-17(16)25-5/h8-9,11,14H,6-7,10,12-13H2,1-5H3,(H2,20,21,23)/t14-/m0/s1. The minimum absolute atomic E-state index is 0.0789. The van der Waals surface area contributed by atoms with Gasteiger partial charge in [0.1, 0.15) is 11.5 Å². The van der Waals surface area contributed by atoms with E-state index in [9.17, 15) is 4.79 Å². The van der Waals surface area contributed by atoms with E-state index in [-0.39, 0.29) is 11.6 Å². The third kappa shape index (κ3) is 5.26. The molecule has 1 fully saturated rings. The predicted molar refractivity (Wildman–Crippen MR) is 101 cm³/mol. The highest BCUT2D eigenvalue weighted by Crippen LogP contribution is 2.29. The van der Waals surface area contributed by atoms with Crippen LogP contribution in [0.15, 0.2) is 18.2 Å². The molecule has 1 atom stereocenters. The van der Waals surface area contributed by atoms with E-state index < -0.39 is 0 Å². The molecule has 0 radical (unpaired) electrons. The smallest absolute Gasteiger partial charge is 0.319 e. The number of rotatable bonds is 6. The maximum atomic E-state index is 12.3. The van der Waals surface area contributed by atoms with Gasteiger partial charge in [-0.3, -0.25) is 4.90 Å². The summed E-state index contributed by atoms with van der Waals surface area (Å²) in [5.74, 6) is 1.97. The Morgan fingerprint density at radius 2 is 2.08 bits per heavy atom. The topological polar surface area (TPSA) is 62.8 Å². The molecule has 0 spiro atoms. The molecular weight excluding hydrogens is 318 g/mol. The van der Waals surface area contributed by atoms with Crippen molar-refractivity contribution in [3.63, 3.8) is 0 Å². The number of nitrogens with one attached hydrogen (secondary N) is 2. The number of hydrogen-bond acceptors (Lipinski definition) is 4. The lowest BCUT2D eigenvalue weighted by Gasteiger charge is -2.43. The molecule has 1 aromatic carbocycles. The number of piperidine rings is 1. The molecule has 1 aromatic rings. The Bertz CT molecular complexity index is 589. The van der Waals surface area contributed by atoms with Gasteiger partial charge >= 0.3 is 6.03 Å². The number of nitrogens with zero attached hydrogens (tertiary/aromatic N) is 1. The first kappa shape index (κ1) is 19.4. The molecule has 2 N–H and O–H groups in total. The van der Waals surface area contributed by atoms with Crippen LogP contribution < -0.4 is 20.1 Å². The van der Waals surface area contributed by atoms with Crippen molar-refractivity contribution in [2.45, 2.75) is 39.2 Å². The summed E-state index contributed by atoms with van der Waals surface area (Å²) in [4.78, 5) is 14.8. The maximum Gasteiger partial charge on any atom is 0.319 e. The summed E-state index contributed by atoms with van der Waals surface area (Å²) in [6.07, 6.45) is 2.51. The third-order valence-electron chi connectivity index (χ3n) is 4.85. The number of urea groups is 1. The Morgan fingerprint density at radius 1 is 1.32 bits per heavy atom. The van der Waals surface area contributed by atoms with E-state index in [0.29, 0.717) is 29.6 Å². The average Bonchev–Trinajstić information content (AvgIpc) is 2.60. The minimum atomic E-state index is -0.246. The molecule has 0 bridgehead atoms. The van der Waals surface area contributed by atoms with Crippen LogP contribution in [0.25, 0.3) is 0 Å². The maximum absolute atomic E-state index is 12.3. The molecule has 0 aliphatic carbocycles. The van der Waals surface area contributed by atoms with Crippen molar-refractivity contribution in [2.75, 3.05) is 39.2 Å². The second-order valence-electron chi connectivity index (χ2n) is 7.38. The van der Waals surface area contributed by atoms with Gasteiger partial charge in [0.15, 0.2) is 0 Å². The fourth-order valence-electron chi connectivity index (χ4n) is 3.23. The van der Waals surface area contributed by atoms with Crippen LogP contribution in [0, 0.1) is 5.92 Å². The highest BCUT2D eigenvalue weighted by molar-refractivity contribution is 5.91. The zero-order chi connectivity index (χ0) is 18.4. The molecule has 1 aliphatic heterocycles. The number of likely N-dealkylation sites (tertiary alicyclic amines) is 1. The van der Waals surface area contributed by atoms with E-state index in [1.165, 1.54) is 12.8 Å². The molecule has 25 heavy (non-hydrogen) atoms. The van der Waals surface area contributed by atoms with E-state index in [1.807, 2.05) is 0 Å². The van der Waals surface area contributed by atoms with Crippen molar-refractivity contribution >= 4 is 11.7 Å². The van der Waals surface area contributed by atoms with Crippen molar-refractivity contribution in [3.05, 3.63) is 18.2 Å². The van der Waals surface area contributed by atoms with Gasteiger partial charge in [0.05, 0.1) is 19.9 Å². The molecule has 140 valence electrons. The Kier molecular flexibility index (Phi) is 6.53. The highest BCUT2D eigenvalue weighted by Gasteiger charge is 2.30. The zero-order valence-electron chi connectivity index (χ0n) is 16.0. The average molecular weight is 349 g/mol. The SMILES string of the molecule is COc1ccc(OC)c(NC(=O)NCC(C)(C)N2CCC[C@H](C)C2)c1. The van der Waals surface area contributed by atoms with E-state index in [4.69, 9.17) is 9.47 Å². The first-order chi connectivity index (χ1) is 11.9. The van der Waals surface area contributed by atoms with E-state index >= 15 is 0 Å². The highest BCUT2D eigenvalue weighted by atomic mass is 16.5. The fraction of sp³-hybridized carbons (Fsp3) is 0.632. The van der Waals surface area contributed by atoms with E-state index in [0.717, 1.165) is 13.1 Å². The van der Waals surface area contributed by atoms with Gasteiger partial charge in [0.25, 0.3) is 0 Å². The van der Waals surface area contributed by atoms with Crippen molar-refractivity contribution < 1.29 is 14.3 Å². The van der Waals surface area contributed by atoms with Crippen LogP contribution in [0.3, 0.4) is 0 Å². The monoisotopic (exact) mass is 349 g/mol. The Labute approximate surface area is 150 Å². The summed E-state index contributed by atoms with van der Waals surface area (Å²) in [7, 11) is 3.17. The van der Waals surface area contributed by atoms with Crippen molar-refractivity contribution in [1.82, 2.24) is 10.2 Å². The minimum Gasteiger partial charge on any atom is -0.497 e. The van der Waals surface area contributed by atoms with Crippen LogP contribution in [0.5, 0.6) is 11.5 Å². The molecular formula is C19H31N3O3. The lowest BCUT2D eigenvalue weighted by Crippen LogP contribution is -2.55. The van der Waals surface area contributed by atoms with Crippen LogP contribution in [0.2, 0.25) is 0 Å². The van der Waals surface area contributed by atoms with Gasteiger partial charge in [0.2, 0.25) is 0 Å². The number of amides is 2. The number of benzene rings is 1. The quantitative estimate of drug-likeness (QED) is 0.827. The summed E-state index contributed by atoms with van der Waals surface area (Å²) in [5.41, 5.74) is 0.508. The van der Waals surface area contributed by atoms with Crippen LogP contribution in [-0.2, 0) is 0 Å². The van der Waals surface area contributed by atoms with Crippen molar-refractivity contribution in [1.29, 1.82) is 0 Å². The van der Waals surface area contributed by atoms with Crippen LogP contribution >= 0.6 is 0 Å². The number of methoxy groups -OCH3 is 2. The van der Waals surface area contributed by atoms with Gasteiger partial charge in [-0.05, 0) is 51.3 Å². The molecule has 6 nitrogen and oxygen atoms in total. The summed E-state index contributed by atoms with van der Waals surface area (Å²) >= 11 is 0. The van der Waals surface area contributed by atoms with Crippen molar-refractivity contribution in [2.24, 2.45) is 5.92 Å². The molecule has 1 saturated heterocycles. The van der Waals surface area contributed by atoms with E-state index in [2.05, 4.69) is 36.3 Å². The Hall–Kier alpha value is -1.95. The van der Waals surface area contributed by atoms with Gasteiger partial charge in [-0.25, -0.2) is 4.79 Å². The van der Waals surface area contributed by atoms with Gasteiger partial charge in [-0.15, -0.1) is 0 Å². The first-order valence-corrected chi connectivity index (χ1v) is 8.87. The van der Waals surface area contributed by atoms with Gasteiger partial charge < -0.3 is 20.1 Å². The fourth-order valence-corrected chi connectivity index (χ4v) is 3.23. The van der Waals surface area contributed by atoms with Crippen LogP contribution in [-0.4, -0.2) is 50.3 Å². The second kappa shape index (κ2) is 8.43. The van der Waals surface area contributed by atoms with Gasteiger partial charge in [-0.2, -0.15) is 0 Å². The van der Waals surface area contributed by atoms with Crippen LogP contribution in [0.1, 0.15) is 33.6 Å². The van der Waals surface area contributed by atoms with Gasteiger partial charge in [0, 0.05) is 24.7 Å². The zero-order valence-corrected chi connectivity index (χ0v) is 16.0. The van der Waals surface area contributed by atoms with Crippen molar-refractivity contribution in [3.8, 4) is 11.5 Å². The number of anilines is 1. The van der Waals surface area contributed by atoms with E-state index in [1.54, 1.807) is 32.4 Å². The predicted octanol–water partition coefficient (Wildman–Crippen LogP) is 3.34. The molecule has 1 aliphatic rings. The summed E-state index contributed by atoms with van der Waals surface area (Å²) in [5, 5.41) is 5.83. The summed E-state index contributed by atoms with van der Waals surface area (Å²) in [6, 6.07) is 5.07. The Balaban J connectivity index is 1.94. The summed E-state index contributed by atoms with van der Waals surface area (Å²) < 4.78 is 10.5. The normalized spacial score (nSPS) is 18.5. The second-order valence-corrected chi connectivity index (χ2v) is 7.38. The molecule has 2 amide bonds. The number of carbonyl (C=O) groups is 1. The molecule has 0 aromatic heterocycles. The number of hydrogen-bond donors (Lipinski definition) is 2. The third-order valence-corrected chi connectivity index (χ3v) is 4.85. The molecule has 0 unspecified atom stereocenters. The lowest BCUT2D eigenvalue weighted by atomic mass is 9.93. The number of carbonyl (C=O) groups excluding carboxylic acids is 1. The summed E-state index contributed by atoms with van der Waals surface area (Å²) in [6.45, 7) is 9.40. The largest absolute Gasteiger partial charge is 0.497 e. The van der Waals surface area contributed by atoms with Gasteiger partial charge in [-0.1, -0.05) is 6.92 Å². The molecule has 0 saturated carbocycles. The lowest BCUT2D eigenvalue weighted by molar-refractivity contribution is 0.0728. The molecule has 6 heteroatoms. The molecule has 2 rings (SSSR count). The Morgan fingerprint density at radius 3 is 2.72 bits per heavy atom. The van der Waals surface area contributed by atoms with Crippen LogP contribution in [0.4, 0.5) is 10.5 Å². The number of ether oxygens (including phenoxy) is 2. The first-order valence-electron chi connectivity index (χ1n) is 8.87. The molecule has 1 heterocycles.